The van der Waals surface area contributed by atoms with E-state index in [1.54, 1.807) is 0 Å². The molecule has 5 nitrogen and oxygen atoms in total. The van der Waals surface area contributed by atoms with Gasteiger partial charge in [0, 0.05) is 37.3 Å². The van der Waals surface area contributed by atoms with Gasteiger partial charge in [0.1, 0.15) is 0 Å². The Morgan fingerprint density at radius 3 is 1.86 bits per heavy atom. The van der Waals surface area contributed by atoms with Gasteiger partial charge in [0.25, 0.3) is 10.1 Å². The first-order valence-electron chi connectivity index (χ1n) is 7.89. The molecule has 0 aliphatic rings. The average molecular weight is 494 g/mol. The molecule has 3 aromatic carbocycles. The normalized spacial score (nSPS) is 13.8. The van der Waals surface area contributed by atoms with Crippen molar-refractivity contribution in [2.45, 2.75) is 4.75 Å². The van der Waals surface area contributed by atoms with Gasteiger partial charge in [-0.2, -0.15) is 8.42 Å². The molecule has 152 valence electrons. The summed E-state index contributed by atoms with van der Waals surface area (Å²) < 4.78 is 33.9. The molecule has 0 aliphatic carbocycles. The van der Waals surface area contributed by atoms with E-state index < -0.39 is 31.9 Å². The Balaban J connectivity index is 2.65. The van der Waals surface area contributed by atoms with Crippen LogP contribution in [-0.2, 0) is 14.9 Å². The molecule has 3 rings (SSSR count). The van der Waals surface area contributed by atoms with E-state index in [4.69, 9.17) is 46.4 Å². The highest BCUT2D eigenvalue weighted by atomic mass is 35.5. The molecule has 0 aliphatic heterocycles. The minimum atomic E-state index is -5.14. The zero-order valence-corrected chi connectivity index (χ0v) is 18.1. The van der Waals surface area contributed by atoms with Gasteiger partial charge >= 0.3 is 0 Å². The molecule has 0 aromatic heterocycles. The molecule has 0 spiro atoms. The van der Waals surface area contributed by atoms with E-state index in [9.17, 15) is 23.2 Å². The van der Waals surface area contributed by atoms with Crippen molar-refractivity contribution in [1.29, 1.82) is 0 Å². The van der Waals surface area contributed by atoms with Crippen LogP contribution in [0.5, 0.6) is 11.5 Å². The fraction of sp³-hybridized carbons (Fsp3) is 0.0526. The van der Waals surface area contributed by atoms with E-state index in [0.29, 0.717) is 5.02 Å². The molecular formula is C19H12Cl4O5S. The van der Waals surface area contributed by atoms with Crippen LogP contribution in [0.25, 0.3) is 0 Å². The minimum Gasteiger partial charge on any atom is -0.504 e. The Morgan fingerprint density at radius 2 is 1.34 bits per heavy atom. The SMILES string of the molecule is O=S(=O)(O)C(c1ccc(Cl)cc1)(c1cc(Cl)cc(O)c1O)c1c(Cl)cccc1Cl. The van der Waals surface area contributed by atoms with E-state index in [-0.39, 0.29) is 26.2 Å². The maximum Gasteiger partial charge on any atom is 0.283 e. The molecular weight excluding hydrogens is 482 g/mol. The predicted octanol–water partition coefficient (Wildman–Crippen LogP) is 5.89. The molecule has 0 bridgehead atoms. The minimum absolute atomic E-state index is 0.0450. The van der Waals surface area contributed by atoms with Crippen molar-refractivity contribution in [3.05, 3.63) is 91.4 Å². The van der Waals surface area contributed by atoms with E-state index >= 15 is 0 Å². The Morgan fingerprint density at radius 1 is 0.793 bits per heavy atom. The molecule has 0 heterocycles. The summed E-state index contributed by atoms with van der Waals surface area (Å²) in [6.07, 6.45) is 0. The molecule has 1 atom stereocenters. The second-order valence-corrected chi connectivity index (χ2v) is 9.33. The number of hydrogen-bond acceptors (Lipinski definition) is 4. The number of aromatic hydroxyl groups is 2. The van der Waals surface area contributed by atoms with Crippen LogP contribution in [0.2, 0.25) is 20.1 Å². The lowest BCUT2D eigenvalue weighted by Crippen LogP contribution is -2.39. The van der Waals surface area contributed by atoms with Gasteiger partial charge in [-0.1, -0.05) is 64.6 Å². The molecule has 0 saturated heterocycles. The maximum atomic E-state index is 13.0. The van der Waals surface area contributed by atoms with Crippen molar-refractivity contribution in [3.8, 4) is 11.5 Å². The Kier molecular flexibility index (Phi) is 5.98. The van der Waals surface area contributed by atoms with Crippen LogP contribution in [0.15, 0.2) is 54.6 Å². The first-order valence-corrected chi connectivity index (χ1v) is 10.8. The highest BCUT2D eigenvalue weighted by molar-refractivity contribution is 7.87. The van der Waals surface area contributed by atoms with Gasteiger partial charge in [0.15, 0.2) is 16.2 Å². The third-order valence-electron chi connectivity index (χ3n) is 4.39. The van der Waals surface area contributed by atoms with Crippen LogP contribution < -0.4 is 0 Å². The van der Waals surface area contributed by atoms with Crippen LogP contribution in [-0.4, -0.2) is 23.2 Å². The van der Waals surface area contributed by atoms with Gasteiger partial charge in [0.2, 0.25) is 0 Å². The van der Waals surface area contributed by atoms with Crippen LogP contribution in [0, 0.1) is 0 Å². The first-order chi connectivity index (χ1) is 13.5. The highest BCUT2D eigenvalue weighted by Gasteiger charge is 2.52. The smallest absolute Gasteiger partial charge is 0.283 e. The summed E-state index contributed by atoms with van der Waals surface area (Å²) in [7, 11) is -5.14. The van der Waals surface area contributed by atoms with Crippen LogP contribution in [0.1, 0.15) is 16.7 Å². The summed E-state index contributed by atoms with van der Waals surface area (Å²) in [5.41, 5.74) is -0.719. The van der Waals surface area contributed by atoms with Crippen molar-refractivity contribution in [1.82, 2.24) is 0 Å². The largest absolute Gasteiger partial charge is 0.504 e. The molecule has 3 N–H and O–H groups in total. The van der Waals surface area contributed by atoms with Gasteiger partial charge in [-0.3, -0.25) is 4.55 Å². The molecule has 0 saturated carbocycles. The number of halogens is 4. The fourth-order valence-corrected chi connectivity index (χ4v) is 5.70. The number of phenolic OH excluding ortho intramolecular Hbond substituents is 2. The number of hydrogen-bond donors (Lipinski definition) is 3. The topological polar surface area (TPSA) is 94.8 Å². The summed E-state index contributed by atoms with van der Waals surface area (Å²) in [6, 6.07) is 11.8. The average Bonchev–Trinajstić information content (AvgIpc) is 2.61. The summed E-state index contributed by atoms with van der Waals surface area (Å²) in [4.78, 5) is 0. The Bertz CT molecular complexity index is 1180. The first kappa shape index (κ1) is 22.0. The molecule has 29 heavy (non-hydrogen) atoms. The third kappa shape index (κ3) is 3.65. The van der Waals surface area contributed by atoms with Crippen molar-refractivity contribution in [3.63, 3.8) is 0 Å². The Labute approximate surface area is 186 Å². The Hall–Kier alpha value is -1.67. The summed E-state index contributed by atoms with van der Waals surface area (Å²) in [5, 5.41) is 20.7. The second-order valence-electron chi connectivity index (χ2n) is 6.08. The number of rotatable bonds is 4. The van der Waals surface area contributed by atoms with Crippen molar-refractivity contribution in [2.75, 3.05) is 0 Å². The standard InChI is InChI=1S/C19H12Cl4O5S/c20-11-6-4-10(5-7-11)19(29(26,27)28,17-14(22)2-1-3-15(17)23)13-8-12(21)9-16(24)18(13)25/h1-9,24-25H,(H,26,27,28). The summed E-state index contributed by atoms with van der Waals surface area (Å²) >= 11 is 24.6. The molecule has 1 unspecified atom stereocenters. The van der Waals surface area contributed by atoms with Crippen LogP contribution in [0.4, 0.5) is 0 Å². The van der Waals surface area contributed by atoms with E-state index in [1.807, 2.05) is 0 Å². The quantitative estimate of drug-likeness (QED) is 0.239. The maximum absolute atomic E-state index is 13.0. The number of benzene rings is 3. The van der Waals surface area contributed by atoms with Crippen LogP contribution in [0.3, 0.4) is 0 Å². The zero-order valence-electron chi connectivity index (χ0n) is 14.3. The van der Waals surface area contributed by atoms with Gasteiger partial charge in [-0.05, 0) is 35.9 Å². The van der Waals surface area contributed by atoms with Gasteiger partial charge in [0.05, 0.1) is 0 Å². The van der Waals surface area contributed by atoms with E-state index in [1.165, 1.54) is 42.5 Å². The molecule has 0 radical (unpaired) electrons. The lowest BCUT2D eigenvalue weighted by Gasteiger charge is -2.34. The highest BCUT2D eigenvalue weighted by Crippen LogP contribution is 2.53. The lowest BCUT2D eigenvalue weighted by atomic mass is 9.83. The molecule has 10 heteroatoms. The monoisotopic (exact) mass is 492 g/mol. The van der Waals surface area contributed by atoms with E-state index in [0.717, 1.165) is 12.1 Å². The van der Waals surface area contributed by atoms with E-state index in [2.05, 4.69) is 0 Å². The summed E-state index contributed by atoms with van der Waals surface area (Å²) in [6.45, 7) is 0. The number of phenols is 2. The zero-order chi connectivity index (χ0) is 21.6. The van der Waals surface area contributed by atoms with Gasteiger partial charge in [-0.25, -0.2) is 0 Å². The van der Waals surface area contributed by atoms with Crippen molar-refractivity contribution >= 4 is 56.5 Å². The summed E-state index contributed by atoms with van der Waals surface area (Å²) in [5.74, 6) is -1.52. The van der Waals surface area contributed by atoms with Crippen molar-refractivity contribution in [2.24, 2.45) is 0 Å². The van der Waals surface area contributed by atoms with Gasteiger partial charge < -0.3 is 10.2 Å². The molecule has 3 aromatic rings. The molecule has 0 fully saturated rings. The third-order valence-corrected chi connectivity index (χ3v) is 6.92. The van der Waals surface area contributed by atoms with Crippen molar-refractivity contribution < 1.29 is 23.2 Å². The van der Waals surface area contributed by atoms with Crippen LogP contribution >= 0.6 is 46.4 Å². The predicted molar refractivity (Wildman–Crippen MR) is 114 cm³/mol. The van der Waals surface area contributed by atoms with Gasteiger partial charge in [-0.15, -0.1) is 0 Å². The fourth-order valence-electron chi connectivity index (χ4n) is 3.22. The lowest BCUT2D eigenvalue weighted by molar-refractivity contribution is 0.394. The molecule has 0 amide bonds. The second kappa shape index (κ2) is 7.87.